The molecule has 33 heavy (non-hydrogen) atoms. The van der Waals surface area contributed by atoms with E-state index < -0.39 is 25.4 Å². The maximum Gasteiger partial charge on any atom is 0.252 e. The number of hydrogen-bond donors (Lipinski definition) is 3. The van der Waals surface area contributed by atoms with Gasteiger partial charge in [-0.1, -0.05) is 24.6 Å². The number of halogens is 1. The monoisotopic (exact) mass is 513 g/mol. The number of benzene rings is 1. The smallest absolute Gasteiger partial charge is 0.252 e. The molecule has 0 atom stereocenters. The van der Waals surface area contributed by atoms with Gasteiger partial charge in [0.2, 0.25) is 10.0 Å². The SMILES string of the molecule is CCc1cc(-c2ccc(CNCCc3ccc(Cl)c(S(N)(=O)=O)c3)o2)c(S(C)(=O)=O)[nH]c1=O. The molecule has 0 unspecified atom stereocenters. The summed E-state index contributed by atoms with van der Waals surface area (Å²) in [6.07, 6.45) is 1.99. The summed E-state index contributed by atoms with van der Waals surface area (Å²) >= 11 is 5.90. The summed E-state index contributed by atoms with van der Waals surface area (Å²) in [6.45, 7) is 2.67. The predicted octanol–water partition coefficient (Wildman–Crippen LogP) is 2.23. The highest BCUT2D eigenvalue weighted by Crippen LogP contribution is 2.28. The van der Waals surface area contributed by atoms with Crippen LogP contribution in [0.1, 0.15) is 23.8 Å². The fourth-order valence-electron chi connectivity index (χ4n) is 3.28. The van der Waals surface area contributed by atoms with E-state index in [-0.39, 0.29) is 14.9 Å². The average Bonchev–Trinajstić information content (AvgIpc) is 3.19. The van der Waals surface area contributed by atoms with Gasteiger partial charge in [0.05, 0.1) is 17.1 Å². The van der Waals surface area contributed by atoms with Crippen molar-refractivity contribution < 1.29 is 21.3 Å². The maximum absolute atomic E-state index is 12.2. The summed E-state index contributed by atoms with van der Waals surface area (Å²) in [5.41, 5.74) is 1.06. The molecule has 0 amide bonds. The van der Waals surface area contributed by atoms with Crippen LogP contribution in [0.4, 0.5) is 0 Å². The Hall–Kier alpha value is -2.44. The van der Waals surface area contributed by atoms with Crippen LogP contribution in [-0.4, -0.2) is 34.6 Å². The van der Waals surface area contributed by atoms with E-state index in [1.54, 1.807) is 25.1 Å². The Morgan fingerprint density at radius 1 is 1.12 bits per heavy atom. The molecule has 4 N–H and O–H groups in total. The van der Waals surface area contributed by atoms with Gasteiger partial charge < -0.3 is 14.7 Å². The molecule has 0 fully saturated rings. The predicted molar refractivity (Wildman–Crippen MR) is 125 cm³/mol. The van der Waals surface area contributed by atoms with Gasteiger partial charge in [0.1, 0.15) is 21.4 Å². The zero-order chi connectivity index (χ0) is 24.4. The number of hydrogen-bond acceptors (Lipinski definition) is 7. The van der Waals surface area contributed by atoms with E-state index in [4.69, 9.17) is 21.2 Å². The topological polar surface area (TPSA) is 152 Å². The number of furan rings is 1. The largest absolute Gasteiger partial charge is 0.460 e. The van der Waals surface area contributed by atoms with Crippen molar-refractivity contribution in [3.8, 4) is 11.3 Å². The molecule has 0 aliphatic heterocycles. The molecule has 178 valence electrons. The molecule has 0 radical (unpaired) electrons. The third-order valence-corrected chi connectivity index (χ3v) is 7.41. The van der Waals surface area contributed by atoms with Crippen LogP contribution in [0.15, 0.2) is 55.5 Å². The molecule has 9 nitrogen and oxygen atoms in total. The molecule has 12 heteroatoms. The van der Waals surface area contributed by atoms with Crippen molar-refractivity contribution in [3.63, 3.8) is 0 Å². The number of aryl methyl sites for hydroxylation is 1. The molecule has 0 spiro atoms. The van der Waals surface area contributed by atoms with Crippen LogP contribution in [-0.2, 0) is 39.2 Å². The van der Waals surface area contributed by atoms with Crippen LogP contribution in [0, 0.1) is 0 Å². The van der Waals surface area contributed by atoms with Crippen molar-refractivity contribution in [1.29, 1.82) is 0 Å². The number of H-pyrrole nitrogens is 1. The van der Waals surface area contributed by atoms with Crippen LogP contribution in [0.2, 0.25) is 5.02 Å². The number of pyridine rings is 1. The lowest BCUT2D eigenvalue weighted by Crippen LogP contribution is -2.17. The van der Waals surface area contributed by atoms with Crippen LogP contribution in [0.3, 0.4) is 0 Å². The third-order valence-electron chi connectivity index (χ3n) is 4.95. The van der Waals surface area contributed by atoms with E-state index in [2.05, 4.69) is 10.3 Å². The summed E-state index contributed by atoms with van der Waals surface area (Å²) < 4.78 is 53.3. The van der Waals surface area contributed by atoms with E-state index in [1.807, 2.05) is 0 Å². The lowest BCUT2D eigenvalue weighted by Gasteiger charge is -2.08. The Morgan fingerprint density at radius 2 is 1.85 bits per heavy atom. The van der Waals surface area contributed by atoms with Crippen molar-refractivity contribution >= 4 is 31.5 Å². The zero-order valence-electron chi connectivity index (χ0n) is 18.0. The van der Waals surface area contributed by atoms with Gasteiger partial charge >= 0.3 is 0 Å². The van der Waals surface area contributed by atoms with E-state index in [9.17, 15) is 21.6 Å². The number of rotatable bonds is 9. The summed E-state index contributed by atoms with van der Waals surface area (Å²) in [5, 5.41) is 8.24. The second-order valence-electron chi connectivity index (χ2n) is 7.49. The van der Waals surface area contributed by atoms with Crippen LogP contribution in [0.25, 0.3) is 11.3 Å². The number of sulfonamides is 1. The van der Waals surface area contributed by atoms with Gasteiger partial charge in [0.25, 0.3) is 5.56 Å². The maximum atomic E-state index is 12.2. The molecule has 3 aromatic rings. The van der Waals surface area contributed by atoms with Crippen molar-refractivity contribution in [2.75, 3.05) is 12.8 Å². The van der Waals surface area contributed by atoms with Gasteiger partial charge in [0, 0.05) is 11.8 Å². The summed E-state index contributed by atoms with van der Waals surface area (Å²) in [5.74, 6) is 0.892. The van der Waals surface area contributed by atoms with E-state index in [0.717, 1.165) is 11.8 Å². The Labute approximate surface area is 196 Å². The fourth-order valence-corrected chi connectivity index (χ4v) is 5.21. The molecule has 0 aliphatic carbocycles. The molecule has 0 saturated heterocycles. The molecule has 1 aromatic carbocycles. The number of nitrogens with two attached hydrogens (primary N) is 1. The Bertz CT molecular complexity index is 1440. The Kier molecular flexibility index (Phi) is 7.49. The van der Waals surface area contributed by atoms with Crippen molar-refractivity contribution in [2.24, 2.45) is 5.14 Å². The summed E-state index contributed by atoms with van der Waals surface area (Å²) in [7, 11) is -7.59. The number of sulfone groups is 1. The van der Waals surface area contributed by atoms with E-state index >= 15 is 0 Å². The van der Waals surface area contributed by atoms with Gasteiger partial charge in [0.15, 0.2) is 9.84 Å². The van der Waals surface area contributed by atoms with Crippen molar-refractivity contribution in [3.05, 3.63) is 68.7 Å². The first-order chi connectivity index (χ1) is 15.4. The highest BCUT2D eigenvalue weighted by atomic mass is 35.5. The second kappa shape index (κ2) is 9.82. The normalized spacial score (nSPS) is 12.2. The molecular weight excluding hydrogens is 490 g/mol. The molecule has 0 bridgehead atoms. The Morgan fingerprint density at radius 3 is 2.48 bits per heavy atom. The minimum Gasteiger partial charge on any atom is -0.460 e. The van der Waals surface area contributed by atoms with Crippen LogP contribution in [0.5, 0.6) is 0 Å². The van der Waals surface area contributed by atoms with Crippen molar-refractivity contribution in [2.45, 2.75) is 36.2 Å². The molecular formula is C21H24ClN3O6S2. The number of nitrogens with one attached hydrogen (secondary N) is 2. The van der Waals surface area contributed by atoms with Gasteiger partial charge in [-0.15, -0.1) is 0 Å². The second-order valence-corrected chi connectivity index (χ2v) is 11.4. The number of aromatic amines is 1. The van der Waals surface area contributed by atoms with Gasteiger partial charge in [-0.3, -0.25) is 4.79 Å². The number of aromatic nitrogens is 1. The van der Waals surface area contributed by atoms with Crippen molar-refractivity contribution in [1.82, 2.24) is 10.3 Å². The first-order valence-electron chi connectivity index (χ1n) is 9.97. The fraction of sp³-hybridized carbons (Fsp3) is 0.286. The minimum atomic E-state index is -3.91. The first-order valence-corrected chi connectivity index (χ1v) is 13.8. The summed E-state index contributed by atoms with van der Waals surface area (Å²) in [6, 6.07) is 9.55. The van der Waals surface area contributed by atoms with Crippen LogP contribution < -0.4 is 16.0 Å². The molecule has 3 rings (SSSR count). The number of primary sulfonamides is 1. The lowest BCUT2D eigenvalue weighted by atomic mass is 10.1. The molecule has 0 saturated carbocycles. The minimum absolute atomic E-state index is 0.0688. The summed E-state index contributed by atoms with van der Waals surface area (Å²) in [4.78, 5) is 14.4. The first kappa shape index (κ1) is 25.2. The van der Waals surface area contributed by atoms with Gasteiger partial charge in [-0.05, 0) is 55.3 Å². The van der Waals surface area contributed by atoms with E-state index in [1.165, 1.54) is 18.2 Å². The van der Waals surface area contributed by atoms with Crippen LogP contribution >= 0.6 is 11.6 Å². The quantitative estimate of drug-likeness (QED) is 0.371. The average molecular weight is 514 g/mol. The lowest BCUT2D eigenvalue weighted by molar-refractivity contribution is 0.493. The van der Waals surface area contributed by atoms with Gasteiger partial charge in [-0.25, -0.2) is 22.0 Å². The van der Waals surface area contributed by atoms with E-state index in [0.29, 0.717) is 48.6 Å². The highest BCUT2D eigenvalue weighted by Gasteiger charge is 2.20. The zero-order valence-corrected chi connectivity index (χ0v) is 20.4. The van der Waals surface area contributed by atoms with Gasteiger partial charge in [-0.2, -0.15) is 0 Å². The highest BCUT2D eigenvalue weighted by molar-refractivity contribution is 7.90. The third kappa shape index (κ3) is 6.12. The molecule has 2 aromatic heterocycles. The molecule has 2 heterocycles. The standard InChI is InChI=1S/C21H24ClN3O6S2/c1-3-14-11-16(21(25-20(14)26)32(2,27)28)18-7-5-15(31-18)12-24-9-8-13-4-6-17(22)19(10-13)33(23,29)30/h4-7,10-11,24H,3,8-9,12H2,1-2H3,(H,25,26)(H2,23,29,30). The Balaban J connectivity index is 1.71. The molecule has 0 aliphatic rings.